The lowest BCUT2D eigenvalue weighted by Gasteiger charge is -1.98. The van der Waals surface area contributed by atoms with E-state index in [1.165, 1.54) is 20.5 Å². The number of halogens is 1. The summed E-state index contributed by atoms with van der Waals surface area (Å²) in [5, 5.41) is 1.00. The molecule has 0 bridgehead atoms. The first-order valence-electron chi connectivity index (χ1n) is 4.84. The molecule has 1 heterocycles. The zero-order valence-corrected chi connectivity index (χ0v) is 9.99. The molecule has 0 saturated carbocycles. The van der Waals surface area contributed by atoms with Gasteiger partial charge in [-0.25, -0.2) is 0 Å². The van der Waals surface area contributed by atoms with Gasteiger partial charge in [0.25, 0.3) is 0 Å². The summed E-state index contributed by atoms with van der Waals surface area (Å²) in [7, 11) is 0. The molecule has 1 aromatic carbocycles. The van der Waals surface area contributed by atoms with E-state index in [0.29, 0.717) is 6.42 Å². The third-order valence-electron chi connectivity index (χ3n) is 2.47. The minimum absolute atomic E-state index is 0.260. The van der Waals surface area contributed by atoms with Gasteiger partial charge in [-0.2, -0.15) is 0 Å². The molecule has 0 aliphatic heterocycles. The molecule has 0 saturated heterocycles. The minimum Gasteiger partial charge on any atom is -0.281 e. The molecule has 0 unspecified atom stereocenters. The zero-order chi connectivity index (χ0) is 10.8. The summed E-state index contributed by atoms with van der Waals surface area (Å²) in [6.45, 7) is 2.10. The van der Waals surface area contributed by atoms with Gasteiger partial charge < -0.3 is 0 Å². The molecule has 0 aliphatic rings. The summed E-state index contributed by atoms with van der Waals surface area (Å²) < 4.78 is 1.28. The first-order valence-corrected chi connectivity index (χ1v) is 6.03. The van der Waals surface area contributed by atoms with Gasteiger partial charge in [-0.1, -0.05) is 18.2 Å². The number of hydrogen-bond donors (Lipinski definition) is 0. The summed E-state index contributed by atoms with van der Waals surface area (Å²) in [4.78, 5) is 12.0. The second-order valence-electron chi connectivity index (χ2n) is 3.49. The minimum atomic E-state index is -0.260. The molecule has 3 heteroatoms. The maximum absolute atomic E-state index is 10.8. The van der Waals surface area contributed by atoms with Crippen LogP contribution in [-0.2, 0) is 11.2 Å². The molecule has 0 fully saturated rings. The van der Waals surface area contributed by atoms with Gasteiger partial charge >= 0.3 is 0 Å². The lowest BCUT2D eigenvalue weighted by atomic mass is 10.1. The number of hydrogen-bond acceptors (Lipinski definition) is 2. The Morgan fingerprint density at radius 1 is 1.40 bits per heavy atom. The van der Waals surface area contributed by atoms with Crippen molar-refractivity contribution in [3.63, 3.8) is 0 Å². The quantitative estimate of drug-likeness (QED) is 0.741. The van der Waals surface area contributed by atoms with Crippen LogP contribution in [0, 0.1) is 6.92 Å². The highest BCUT2D eigenvalue weighted by Gasteiger charge is 2.09. The van der Waals surface area contributed by atoms with Crippen LogP contribution in [0.2, 0.25) is 0 Å². The number of carbonyl (C=O) groups is 1. The topological polar surface area (TPSA) is 17.1 Å². The van der Waals surface area contributed by atoms with Crippen molar-refractivity contribution in [3.8, 4) is 0 Å². The SMILES string of the molecule is Cc1sc2ccccc2c1CCC(=O)Cl. The molecule has 2 rings (SSSR count). The second kappa shape index (κ2) is 4.33. The molecular formula is C12H11ClOS. The average Bonchev–Trinajstić information content (AvgIpc) is 2.50. The van der Waals surface area contributed by atoms with E-state index in [0.717, 1.165) is 6.42 Å². The molecule has 2 aromatic rings. The molecule has 78 valence electrons. The van der Waals surface area contributed by atoms with Gasteiger partial charge in [0.2, 0.25) is 5.24 Å². The lowest BCUT2D eigenvalue weighted by Crippen LogP contribution is -1.91. The molecule has 0 N–H and O–H groups in total. The fraction of sp³-hybridized carbons (Fsp3) is 0.250. The van der Waals surface area contributed by atoms with Crippen LogP contribution in [-0.4, -0.2) is 5.24 Å². The van der Waals surface area contributed by atoms with E-state index in [1.807, 2.05) is 12.1 Å². The summed E-state index contributed by atoms with van der Waals surface area (Å²) in [5.41, 5.74) is 1.27. The zero-order valence-electron chi connectivity index (χ0n) is 8.42. The molecule has 0 amide bonds. The van der Waals surface area contributed by atoms with Gasteiger partial charge in [-0.05, 0) is 42.0 Å². The summed E-state index contributed by atoms with van der Waals surface area (Å²) in [6.07, 6.45) is 1.17. The van der Waals surface area contributed by atoms with E-state index in [2.05, 4.69) is 19.1 Å². The maximum atomic E-state index is 10.8. The van der Waals surface area contributed by atoms with Crippen molar-refractivity contribution in [3.05, 3.63) is 34.7 Å². The van der Waals surface area contributed by atoms with Gasteiger partial charge in [0.15, 0.2) is 0 Å². The normalized spacial score (nSPS) is 10.8. The van der Waals surface area contributed by atoms with Crippen LogP contribution in [0.3, 0.4) is 0 Å². The van der Waals surface area contributed by atoms with Gasteiger partial charge in [0.05, 0.1) is 0 Å². The fourth-order valence-corrected chi connectivity index (χ4v) is 2.96. The van der Waals surface area contributed by atoms with Crippen LogP contribution in [0.25, 0.3) is 10.1 Å². The van der Waals surface area contributed by atoms with Crippen molar-refractivity contribution in [1.82, 2.24) is 0 Å². The Balaban J connectivity index is 2.40. The van der Waals surface area contributed by atoms with Gasteiger partial charge in [0.1, 0.15) is 0 Å². The Hall–Kier alpha value is -0.860. The first-order chi connectivity index (χ1) is 7.18. The van der Waals surface area contributed by atoms with E-state index in [4.69, 9.17) is 11.6 Å². The van der Waals surface area contributed by atoms with Gasteiger partial charge in [-0.15, -0.1) is 11.3 Å². The van der Waals surface area contributed by atoms with Crippen LogP contribution in [0.15, 0.2) is 24.3 Å². The van der Waals surface area contributed by atoms with Crippen LogP contribution < -0.4 is 0 Å². The second-order valence-corrected chi connectivity index (χ2v) is 5.17. The summed E-state index contributed by atoms with van der Waals surface area (Å²) >= 11 is 7.14. The van der Waals surface area contributed by atoms with Crippen molar-refractivity contribution < 1.29 is 4.79 Å². The molecule has 0 spiro atoms. The highest BCUT2D eigenvalue weighted by molar-refractivity contribution is 7.19. The fourth-order valence-electron chi connectivity index (χ4n) is 1.76. The molecule has 15 heavy (non-hydrogen) atoms. The van der Waals surface area contributed by atoms with Crippen LogP contribution in [0.1, 0.15) is 16.9 Å². The summed E-state index contributed by atoms with van der Waals surface area (Å²) in [6, 6.07) is 8.28. The van der Waals surface area contributed by atoms with Crippen LogP contribution in [0.4, 0.5) is 0 Å². The van der Waals surface area contributed by atoms with E-state index >= 15 is 0 Å². The smallest absolute Gasteiger partial charge is 0.221 e. The van der Waals surface area contributed by atoms with Crippen molar-refractivity contribution in [1.29, 1.82) is 0 Å². The standard InChI is InChI=1S/C12H11ClOS/c1-8-9(6-7-12(13)14)10-4-2-3-5-11(10)15-8/h2-5H,6-7H2,1H3. The Bertz CT molecular complexity index is 501. The number of carbonyl (C=O) groups excluding carboxylic acids is 1. The molecule has 0 atom stereocenters. The van der Waals surface area contributed by atoms with Crippen molar-refractivity contribution in [2.45, 2.75) is 19.8 Å². The van der Waals surface area contributed by atoms with Crippen LogP contribution >= 0.6 is 22.9 Å². The third-order valence-corrected chi connectivity index (χ3v) is 3.79. The lowest BCUT2D eigenvalue weighted by molar-refractivity contribution is -0.111. The largest absolute Gasteiger partial charge is 0.281 e. The Kier molecular flexibility index (Phi) is 3.08. The number of rotatable bonds is 3. The third kappa shape index (κ3) is 2.21. The highest BCUT2D eigenvalue weighted by atomic mass is 35.5. The van der Waals surface area contributed by atoms with E-state index < -0.39 is 0 Å². The van der Waals surface area contributed by atoms with Crippen molar-refractivity contribution >= 4 is 38.3 Å². The molecular weight excluding hydrogens is 228 g/mol. The molecule has 0 aliphatic carbocycles. The predicted octanol–water partition coefficient (Wildman–Crippen LogP) is 3.91. The summed E-state index contributed by atoms with van der Waals surface area (Å²) in [5.74, 6) is 0. The average molecular weight is 239 g/mol. The molecule has 0 radical (unpaired) electrons. The predicted molar refractivity (Wildman–Crippen MR) is 65.7 cm³/mol. The molecule has 1 aromatic heterocycles. The number of thiophene rings is 1. The Morgan fingerprint density at radius 2 is 2.13 bits per heavy atom. The van der Waals surface area contributed by atoms with Gasteiger partial charge in [-0.3, -0.25) is 4.79 Å². The number of benzene rings is 1. The Morgan fingerprint density at radius 3 is 2.87 bits per heavy atom. The van der Waals surface area contributed by atoms with Gasteiger partial charge in [0, 0.05) is 16.0 Å². The highest BCUT2D eigenvalue weighted by Crippen LogP contribution is 2.31. The monoisotopic (exact) mass is 238 g/mol. The molecule has 1 nitrogen and oxygen atoms in total. The van der Waals surface area contributed by atoms with E-state index in [9.17, 15) is 4.79 Å². The maximum Gasteiger partial charge on any atom is 0.221 e. The van der Waals surface area contributed by atoms with E-state index in [1.54, 1.807) is 11.3 Å². The first kappa shape index (κ1) is 10.7. The van der Waals surface area contributed by atoms with Crippen LogP contribution in [0.5, 0.6) is 0 Å². The van der Waals surface area contributed by atoms with Crippen molar-refractivity contribution in [2.24, 2.45) is 0 Å². The number of fused-ring (bicyclic) bond motifs is 1. The number of aryl methyl sites for hydroxylation is 2. The Labute approximate surface area is 97.7 Å². The van der Waals surface area contributed by atoms with Crippen molar-refractivity contribution in [2.75, 3.05) is 0 Å². The van der Waals surface area contributed by atoms with E-state index in [-0.39, 0.29) is 5.24 Å².